The van der Waals surface area contributed by atoms with Crippen molar-refractivity contribution in [1.82, 2.24) is 9.47 Å². The minimum atomic E-state index is 0.123. The summed E-state index contributed by atoms with van der Waals surface area (Å²) < 4.78 is 2.94. The van der Waals surface area contributed by atoms with Crippen LogP contribution in [0.5, 0.6) is 0 Å². The van der Waals surface area contributed by atoms with Gasteiger partial charge < -0.3 is 15.2 Å². The van der Waals surface area contributed by atoms with Crippen LogP contribution in [0.15, 0.2) is 16.7 Å². The molecule has 0 aliphatic carbocycles. The molecule has 1 saturated heterocycles. The second-order valence-electron chi connectivity index (χ2n) is 5.34. The lowest BCUT2D eigenvalue weighted by Gasteiger charge is -2.34. The van der Waals surface area contributed by atoms with Gasteiger partial charge in [-0.2, -0.15) is 0 Å². The van der Waals surface area contributed by atoms with E-state index in [2.05, 4.69) is 15.9 Å². The monoisotopic (exact) mass is 327 g/mol. The van der Waals surface area contributed by atoms with E-state index >= 15 is 0 Å². The Balaban J connectivity index is 2.14. The van der Waals surface area contributed by atoms with Crippen molar-refractivity contribution in [3.8, 4) is 0 Å². The topological polar surface area (TPSA) is 51.3 Å². The van der Waals surface area contributed by atoms with Crippen LogP contribution in [-0.4, -0.2) is 34.5 Å². The summed E-state index contributed by atoms with van der Waals surface area (Å²) >= 11 is 3.44. The van der Waals surface area contributed by atoms with Crippen LogP contribution in [0.3, 0.4) is 0 Å². The second-order valence-corrected chi connectivity index (χ2v) is 6.26. The fourth-order valence-corrected chi connectivity index (χ4v) is 3.17. The molecule has 2 rings (SSSR count). The molecule has 0 bridgehead atoms. The maximum atomic E-state index is 12.6. The molecule has 1 aromatic rings. The van der Waals surface area contributed by atoms with Crippen molar-refractivity contribution < 1.29 is 4.79 Å². The summed E-state index contributed by atoms with van der Waals surface area (Å²) in [5, 5.41) is 0. The number of piperidine rings is 1. The minimum absolute atomic E-state index is 0.123. The number of aromatic nitrogens is 1. The van der Waals surface area contributed by atoms with E-state index in [-0.39, 0.29) is 11.9 Å². The lowest BCUT2D eigenvalue weighted by atomic mass is 9.92. The lowest BCUT2D eigenvalue weighted by Crippen LogP contribution is -2.45. The molecule has 1 aromatic heterocycles. The van der Waals surface area contributed by atoms with E-state index in [1.807, 2.05) is 35.6 Å². The van der Waals surface area contributed by atoms with Crippen molar-refractivity contribution in [3.05, 3.63) is 22.4 Å². The molecule has 0 radical (unpaired) electrons. The van der Waals surface area contributed by atoms with Gasteiger partial charge in [0, 0.05) is 36.3 Å². The molecular weight excluding hydrogens is 306 g/mol. The Kier molecular flexibility index (Phi) is 4.68. The largest absolute Gasteiger partial charge is 0.343 e. The van der Waals surface area contributed by atoms with Crippen molar-refractivity contribution in [2.45, 2.75) is 39.3 Å². The summed E-state index contributed by atoms with van der Waals surface area (Å²) in [6, 6.07) is 2.06. The standard InChI is InChI=1S/C14H22BrN3O/c1-3-17-9-12(15)7-13(17)14(19)18-6-4-5-11(8-18)10(2)16/h7,9-11H,3-6,8,16H2,1-2H3/t10-,11+/m1/s1. The zero-order valence-electron chi connectivity index (χ0n) is 11.6. The molecular formula is C14H22BrN3O. The zero-order chi connectivity index (χ0) is 14.0. The fraction of sp³-hybridized carbons (Fsp3) is 0.643. The molecule has 2 atom stereocenters. The number of amides is 1. The van der Waals surface area contributed by atoms with Crippen molar-refractivity contribution >= 4 is 21.8 Å². The minimum Gasteiger partial charge on any atom is -0.343 e. The summed E-state index contributed by atoms with van der Waals surface area (Å²) in [5.41, 5.74) is 6.74. The number of hydrogen-bond acceptors (Lipinski definition) is 2. The van der Waals surface area contributed by atoms with E-state index in [9.17, 15) is 4.79 Å². The third-order valence-corrected chi connectivity index (χ3v) is 4.35. The smallest absolute Gasteiger partial charge is 0.270 e. The quantitative estimate of drug-likeness (QED) is 0.927. The number of carbonyl (C=O) groups is 1. The third kappa shape index (κ3) is 3.20. The Bertz CT molecular complexity index is 456. The molecule has 0 unspecified atom stereocenters. The van der Waals surface area contributed by atoms with Crippen molar-refractivity contribution in [2.75, 3.05) is 13.1 Å². The Morgan fingerprint density at radius 3 is 3.00 bits per heavy atom. The van der Waals surface area contributed by atoms with Gasteiger partial charge in [-0.05, 0) is 54.6 Å². The fourth-order valence-electron chi connectivity index (χ4n) is 2.70. The van der Waals surface area contributed by atoms with Gasteiger partial charge in [0.1, 0.15) is 5.69 Å². The molecule has 106 valence electrons. The van der Waals surface area contributed by atoms with E-state index < -0.39 is 0 Å². The number of hydrogen-bond donors (Lipinski definition) is 1. The van der Waals surface area contributed by atoms with Crippen LogP contribution in [0.4, 0.5) is 0 Å². The number of aryl methyl sites for hydroxylation is 1. The van der Waals surface area contributed by atoms with Gasteiger partial charge in [-0.25, -0.2) is 0 Å². The Morgan fingerprint density at radius 1 is 1.63 bits per heavy atom. The number of nitrogens with zero attached hydrogens (tertiary/aromatic N) is 2. The average molecular weight is 328 g/mol. The van der Waals surface area contributed by atoms with Gasteiger partial charge in [0.2, 0.25) is 0 Å². The molecule has 1 aliphatic rings. The van der Waals surface area contributed by atoms with Crippen molar-refractivity contribution in [2.24, 2.45) is 11.7 Å². The third-order valence-electron chi connectivity index (χ3n) is 3.91. The maximum Gasteiger partial charge on any atom is 0.270 e. The molecule has 0 aromatic carbocycles. The highest BCUT2D eigenvalue weighted by Crippen LogP contribution is 2.22. The van der Waals surface area contributed by atoms with Crippen LogP contribution in [0.2, 0.25) is 0 Å². The zero-order valence-corrected chi connectivity index (χ0v) is 13.2. The highest BCUT2D eigenvalue weighted by atomic mass is 79.9. The summed E-state index contributed by atoms with van der Waals surface area (Å²) in [5.74, 6) is 0.545. The van der Waals surface area contributed by atoms with E-state index in [1.54, 1.807) is 0 Å². The molecule has 1 fully saturated rings. The van der Waals surface area contributed by atoms with Gasteiger partial charge >= 0.3 is 0 Å². The van der Waals surface area contributed by atoms with Gasteiger partial charge in [-0.3, -0.25) is 4.79 Å². The Labute approximate surface area is 123 Å². The Hall–Kier alpha value is -0.810. The van der Waals surface area contributed by atoms with Crippen molar-refractivity contribution in [1.29, 1.82) is 0 Å². The predicted molar refractivity (Wildman–Crippen MR) is 80.1 cm³/mol. The molecule has 0 saturated carbocycles. The first-order chi connectivity index (χ1) is 9.02. The highest BCUT2D eigenvalue weighted by molar-refractivity contribution is 9.10. The summed E-state index contributed by atoms with van der Waals surface area (Å²) in [6.45, 7) is 6.50. The van der Waals surface area contributed by atoms with Crippen LogP contribution in [0, 0.1) is 5.92 Å². The van der Waals surface area contributed by atoms with E-state index in [1.165, 1.54) is 0 Å². The van der Waals surface area contributed by atoms with Crippen LogP contribution >= 0.6 is 15.9 Å². The van der Waals surface area contributed by atoms with E-state index in [0.717, 1.165) is 42.6 Å². The van der Waals surface area contributed by atoms with Crippen LogP contribution < -0.4 is 5.73 Å². The molecule has 1 aliphatic heterocycles. The number of carbonyl (C=O) groups excluding carboxylic acids is 1. The van der Waals surface area contributed by atoms with Crippen LogP contribution in [0.1, 0.15) is 37.2 Å². The number of rotatable bonds is 3. The molecule has 0 spiro atoms. The molecule has 2 N–H and O–H groups in total. The number of nitrogens with two attached hydrogens (primary N) is 1. The first-order valence-corrected chi connectivity index (χ1v) is 7.72. The molecule has 4 nitrogen and oxygen atoms in total. The lowest BCUT2D eigenvalue weighted by molar-refractivity contribution is 0.0650. The van der Waals surface area contributed by atoms with Crippen LogP contribution in [-0.2, 0) is 6.54 Å². The van der Waals surface area contributed by atoms with Gasteiger partial charge in [0.15, 0.2) is 0 Å². The normalized spacial score (nSPS) is 21.5. The average Bonchev–Trinajstić information content (AvgIpc) is 2.79. The maximum absolute atomic E-state index is 12.6. The molecule has 2 heterocycles. The molecule has 19 heavy (non-hydrogen) atoms. The van der Waals surface area contributed by atoms with Gasteiger partial charge in [0.25, 0.3) is 5.91 Å². The highest BCUT2D eigenvalue weighted by Gasteiger charge is 2.27. The summed E-state index contributed by atoms with van der Waals surface area (Å²) in [6.07, 6.45) is 4.13. The first-order valence-electron chi connectivity index (χ1n) is 6.93. The summed E-state index contributed by atoms with van der Waals surface area (Å²) in [4.78, 5) is 14.6. The van der Waals surface area contributed by atoms with Crippen molar-refractivity contribution in [3.63, 3.8) is 0 Å². The van der Waals surface area contributed by atoms with E-state index in [4.69, 9.17) is 5.73 Å². The summed E-state index contributed by atoms with van der Waals surface area (Å²) in [7, 11) is 0. The number of likely N-dealkylation sites (tertiary alicyclic amines) is 1. The molecule has 1 amide bonds. The van der Waals surface area contributed by atoms with Gasteiger partial charge in [-0.15, -0.1) is 0 Å². The first kappa shape index (κ1) is 14.6. The second kappa shape index (κ2) is 6.09. The van der Waals surface area contributed by atoms with Crippen LogP contribution in [0.25, 0.3) is 0 Å². The SMILES string of the molecule is CCn1cc(Br)cc1C(=O)N1CCC[C@H]([C@@H](C)N)C1. The van der Waals surface area contributed by atoms with Gasteiger partial charge in [-0.1, -0.05) is 0 Å². The predicted octanol–water partition coefficient (Wildman–Crippen LogP) is 2.47. The Morgan fingerprint density at radius 2 is 2.37 bits per heavy atom. The number of halogens is 1. The van der Waals surface area contributed by atoms with E-state index in [0.29, 0.717) is 5.92 Å². The molecule has 5 heteroatoms. The van der Waals surface area contributed by atoms with Gasteiger partial charge in [0.05, 0.1) is 0 Å².